The molecule has 0 aliphatic heterocycles. The molecule has 17 heavy (non-hydrogen) atoms. The zero-order valence-corrected chi connectivity index (χ0v) is 10.8. The zero-order valence-electron chi connectivity index (χ0n) is 10.00. The third kappa shape index (κ3) is 4.65. The van der Waals surface area contributed by atoms with Crippen LogP contribution in [0.1, 0.15) is 20.3 Å². The van der Waals surface area contributed by atoms with Crippen molar-refractivity contribution < 1.29 is 9.18 Å². The Kier molecular flexibility index (Phi) is 5.28. The highest BCUT2D eigenvalue weighted by Gasteiger charge is 2.07. The smallest absolute Gasteiger partial charge is 0.230 e. The maximum absolute atomic E-state index is 13.1. The third-order valence-electron chi connectivity index (χ3n) is 2.36. The highest BCUT2D eigenvalue weighted by atomic mass is 32.2. The van der Waals surface area contributed by atoms with Gasteiger partial charge in [0.15, 0.2) is 0 Å². The lowest BCUT2D eigenvalue weighted by Crippen LogP contribution is -2.33. The molecule has 1 atom stereocenters. The van der Waals surface area contributed by atoms with Gasteiger partial charge in [-0.3, -0.25) is 4.79 Å². The lowest BCUT2D eigenvalue weighted by atomic mass is 10.3. The number of halogens is 1. The summed E-state index contributed by atoms with van der Waals surface area (Å²) in [5.74, 6) is -0.202. The first kappa shape index (κ1) is 13.8. The first-order valence-corrected chi connectivity index (χ1v) is 6.48. The minimum Gasteiger partial charge on any atom is -0.396 e. The van der Waals surface area contributed by atoms with Gasteiger partial charge in [0, 0.05) is 10.9 Å². The van der Waals surface area contributed by atoms with Gasteiger partial charge in [-0.25, -0.2) is 4.39 Å². The maximum Gasteiger partial charge on any atom is 0.230 e. The number of amides is 1. The molecule has 0 aromatic heterocycles. The van der Waals surface area contributed by atoms with Crippen molar-refractivity contribution in [3.8, 4) is 0 Å². The van der Waals surface area contributed by atoms with Crippen molar-refractivity contribution in [3.63, 3.8) is 0 Å². The number of hydrogen-bond donors (Lipinski definition) is 2. The number of nitrogens with two attached hydrogens (primary N) is 1. The van der Waals surface area contributed by atoms with Crippen LogP contribution in [0.15, 0.2) is 23.1 Å². The number of hydrogen-bond acceptors (Lipinski definition) is 3. The number of benzene rings is 1. The molecule has 1 aromatic carbocycles. The maximum atomic E-state index is 13.1. The Balaban J connectivity index is 2.45. The summed E-state index contributed by atoms with van der Waals surface area (Å²) < 4.78 is 13.1. The molecule has 0 aliphatic carbocycles. The van der Waals surface area contributed by atoms with Crippen molar-refractivity contribution in [1.29, 1.82) is 0 Å². The summed E-state index contributed by atoms with van der Waals surface area (Å²) in [5.41, 5.74) is 5.49. The Bertz CT molecular complexity index is 398. The van der Waals surface area contributed by atoms with E-state index in [1.165, 1.54) is 23.9 Å². The van der Waals surface area contributed by atoms with E-state index in [1.807, 2.05) is 13.8 Å². The highest BCUT2D eigenvalue weighted by molar-refractivity contribution is 8.00. The third-order valence-corrected chi connectivity index (χ3v) is 3.36. The van der Waals surface area contributed by atoms with Crippen molar-refractivity contribution in [2.75, 3.05) is 11.5 Å². The SMILES string of the molecule is CCC(C)NC(=O)CSc1ccc(N)c(F)c1. The molecule has 0 spiro atoms. The van der Waals surface area contributed by atoms with E-state index in [2.05, 4.69) is 5.32 Å². The fraction of sp³-hybridized carbons (Fsp3) is 0.417. The molecule has 0 heterocycles. The van der Waals surface area contributed by atoms with Crippen LogP contribution < -0.4 is 11.1 Å². The van der Waals surface area contributed by atoms with Gasteiger partial charge in [0.1, 0.15) is 5.82 Å². The minimum absolute atomic E-state index is 0.0402. The Morgan fingerprint density at radius 1 is 1.59 bits per heavy atom. The van der Waals surface area contributed by atoms with Crippen LogP contribution in [0.4, 0.5) is 10.1 Å². The zero-order chi connectivity index (χ0) is 12.8. The van der Waals surface area contributed by atoms with E-state index in [4.69, 9.17) is 5.73 Å². The van der Waals surface area contributed by atoms with Gasteiger partial charge in [0.2, 0.25) is 5.91 Å². The van der Waals surface area contributed by atoms with Crippen molar-refractivity contribution in [2.24, 2.45) is 0 Å². The summed E-state index contributed by atoms with van der Waals surface area (Å²) in [5, 5.41) is 2.85. The Hall–Kier alpha value is -1.23. The first-order chi connectivity index (χ1) is 8.02. The quantitative estimate of drug-likeness (QED) is 0.628. The molecule has 0 radical (unpaired) electrons. The van der Waals surface area contributed by atoms with E-state index in [-0.39, 0.29) is 23.4 Å². The average molecular weight is 256 g/mol. The molecule has 1 rings (SSSR count). The Morgan fingerprint density at radius 2 is 2.29 bits per heavy atom. The average Bonchev–Trinajstić information content (AvgIpc) is 2.30. The van der Waals surface area contributed by atoms with Gasteiger partial charge in [-0.2, -0.15) is 0 Å². The summed E-state index contributed by atoms with van der Waals surface area (Å²) in [7, 11) is 0. The number of carbonyl (C=O) groups is 1. The van der Waals surface area contributed by atoms with Crippen molar-refractivity contribution in [3.05, 3.63) is 24.0 Å². The first-order valence-electron chi connectivity index (χ1n) is 5.50. The van der Waals surface area contributed by atoms with Crippen LogP contribution in [0.25, 0.3) is 0 Å². The number of nitrogens with one attached hydrogen (secondary N) is 1. The lowest BCUT2D eigenvalue weighted by Gasteiger charge is -2.11. The van der Waals surface area contributed by atoms with Crippen LogP contribution >= 0.6 is 11.8 Å². The van der Waals surface area contributed by atoms with Gasteiger partial charge in [-0.1, -0.05) is 6.92 Å². The topological polar surface area (TPSA) is 55.1 Å². The number of anilines is 1. The van der Waals surface area contributed by atoms with Gasteiger partial charge >= 0.3 is 0 Å². The molecule has 1 aromatic rings. The Labute approximate surface area is 105 Å². The predicted octanol–water partition coefficient (Wildman–Crippen LogP) is 2.41. The minimum atomic E-state index is -0.447. The molecular formula is C12H17FN2OS. The van der Waals surface area contributed by atoms with Gasteiger partial charge in [0.05, 0.1) is 11.4 Å². The fourth-order valence-corrected chi connectivity index (χ4v) is 1.90. The standard InChI is InChI=1S/C12H17FN2OS/c1-3-8(2)15-12(16)7-17-9-4-5-11(14)10(13)6-9/h4-6,8H,3,7,14H2,1-2H3,(H,15,16). The normalized spacial score (nSPS) is 12.2. The predicted molar refractivity (Wildman–Crippen MR) is 69.4 cm³/mol. The monoisotopic (exact) mass is 256 g/mol. The summed E-state index contributed by atoms with van der Waals surface area (Å²) in [6.07, 6.45) is 0.896. The second-order valence-electron chi connectivity index (χ2n) is 3.85. The molecule has 0 aliphatic rings. The van der Waals surface area contributed by atoms with Crippen LogP contribution in [0.3, 0.4) is 0 Å². The molecule has 0 bridgehead atoms. The van der Waals surface area contributed by atoms with E-state index in [0.29, 0.717) is 4.90 Å². The van der Waals surface area contributed by atoms with Gasteiger partial charge < -0.3 is 11.1 Å². The van der Waals surface area contributed by atoms with E-state index in [0.717, 1.165) is 6.42 Å². The fourth-order valence-electron chi connectivity index (χ4n) is 1.17. The van der Waals surface area contributed by atoms with Crippen LogP contribution in [-0.4, -0.2) is 17.7 Å². The van der Waals surface area contributed by atoms with Crippen LogP contribution in [0.5, 0.6) is 0 Å². The molecule has 0 fully saturated rings. The molecule has 94 valence electrons. The van der Waals surface area contributed by atoms with Crippen molar-refractivity contribution in [1.82, 2.24) is 5.32 Å². The van der Waals surface area contributed by atoms with Gasteiger partial charge in [0.25, 0.3) is 0 Å². The van der Waals surface area contributed by atoms with E-state index in [1.54, 1.807) is 6.07 Å². The van der Waals surface area contributed by atoms with E-state index < -0.39 is 5.82 Å². The number of carbonyl (C=O) groups excluding carboxylic acids is 1. The van der Waals surface area contributed by atoms with Gasteiger partial charge in [-0.05, 0) is 31.5 Å². The van der Waals surface area contributed by atoms with Crippen molar-refractivity contribution >= 4 is 23.4 Å². The molecule has 3 N–H and O–H groups in total. The second-order valence-corrected chi connectivity index (χ2v) is 4.90. The van der Waals surface area contributed by atoms with E-state index in [9.17, 15) is 9.18 Å². The number of nitrogen functional groups attached to an aromatic ring is 1. The summed E-state index contributed by atoms with van der Waals surface area (Å²) in [6.45, 7) is 3.96. The second kappa shape index (κ2) is 6.49. The molecule has 3 nitrogen and oxygen atoms in total. The molecule has 1 amide bonds. The largest absolute Gasteiger partial charge is 0.396 e. The Morgan fingerprint density at radius 3 is 2.88 bits per heavy atom. The van der Waals surface area contributed by atoms with Crippen LogP contribution in [0, 0.1) is 5.82 Å². The number of thioether (sulfide) groups is 1. The summed E-state index contributed by atoms with van der Waals surface area (Å²) in [4.78, 5) is 12.2. The molecular weight excluding hydrogens is 239 g/mol. The van der Waals surface area contributed by atoms with Gasteiger partial charge in [-0.15, -0.1) is 11.8 Å². The van der Waals surface area contributed by atoms with Crippen molar-refractivity contribution in [2.45, 2.75) is 31.2 Å². The lowest BCUT2D eigenvalue weighted by molar-refractivity contribution is -0.119. The summed E-state index contributed by atoms with van der Waals surface area (Å²) in [6, 6.07) is 4.73. The van der Waals surface area contributed by atoms with Crippen LogP contribution in [0.2, 0.25) is 0 Å². The van der Waals surface area contributed by atoms with E-state index >= 15 is 0 Å². The molecule has 0 saturated carbocycles. The highest BCUT2D eigenvalue weighted by Crippen LogP contribution is 2.21. The summed E-state index contributed by atoms with van der Waals surface area (Å²) >= 11 is 1.30. The molecule has 5 heteroatoms. The molecule has 0 saturated heterocycles. The number of rotatable bonds is 5. The molecule has 1 unspecified atom stereocenters. The van der Waals surface area contributed by atoms with Crippen LogP contribution in [-0.2, 0) is 4.79 Å².